The summed E-state index contributed by atoms with van der Waals surface area (Å²) >= 11 is 4.71. The number of allylic oxidation sites excluding steroid dienone is 1. The van der Waals surface area contributed by atoms with Crippen molar-refractivity contribution in [2.24, 2.45) is 4.99 Å². The van der Waals surface area contributed by atoms with Crippen LogP contribution in [0.5, 0.6) is 17.2 Å². The zero-order valence-corrected chi connectivity index (χ0v) is 26.7. The molecular formula is C33H31BrN2O6S. The molecule has 2 heterocycles. The smallest absolute Gasteiger partial charge is 0.338 e. The SMILES string of the molecule is CCOC(=O)C1=C(C)N=c2s/c(=C\c3ccc(OCc4ccc(Br)cc4)cc3)c(=O)n2[C@H]1c1ccc(OC)c(OCC)c1. The number of halogens is 1. The van der Waals surface area contributed by atoms with E-state index in [-0.39, 0.29) is 12.2 Å². The summed E-state index contributed by atoms with van der Waals surface area (Å²) in [7, 11) is 1.57. The van der Waals surface area contributed by atoms with Gasteiger partial charge >= 0.3 is 5.97 Å². The number of hydrogen-bond donors (Lipinski definition) is 0. The third-order valence-electron chi connectivity index (χ3n) is 6.82. The second-order valence-corrected chi connectivity index (χ2v) is 11.6. The van der Waals surface area contributed by atoms with Gasteiger partial charge < -0.3 is 18.9 Å². The summed E-state index contributed by atoms with van der Waals surface area (Å²) in [5, 5.41) is 0. The Morgan fingerprint density at radius 3 is 2.42 bits per heavy atom. The number of rotatable bonds is 10. The molecule has 8 nitrogen and oxygen atoms in total. The minimum absolute atomic E-state index is 0.197. The number of methoxy groups -OCH3 is 1. The molecule has 1 aromatic heterocycles. The molecule has 0 saturated carbocycles. The molecular weight excluding hydrogens is 632 g/mol. The lowest BCUT2D eigenvalue weighted by Crippen LogP contribution is -2.40. The van der Waals surface area contributed by atoms with Gasteiger partial charge in [0.25, 0.3) is 5.56 Å². The van der Waals surface area contributed by atoms with Gasteiger partial charge in [0.05, 0.1) is 42.2 Å². The Kier molecular flexibility index (Phi) is 9.47. The average molecular weight is 664 g/mol. The molecule has 0 saturated heterocycles. The number of hydrogen-bond acceptors (Lipinski definition) is 8. The Labute approximate surface area is 261 Å². The highest BCUT2D eigenvalue weighted by molar-refractivity contribution is 9.10. The van der Waals surface area contributed by atoms with Crippen molar-refractivity contribution in [3.8, 4) is 17.2 Å². The molecule has 10 heteroatoms. The molecule has 0 aliphatic carbocycles. The zero-order valence-electron chi connectivity index (χ0n) is 24.3. The molecule has 0 radical (unpaired) electrons. The quantitative estimate of drug-likeness (QED) is 0.207. The Balaban J connectivity index is 1.52. The first-order chi connectivity index (χ1) is 20.8. The van der Waals surface area contributed by atoms with Gasteiger partial charge in [-0.1, -0.05) is 57.6 Å². The Morgan fingerprint density at radius 1 is 1.00 bits per heavy atom. The number of esters is 1. The van der Waals surface area contributed by atoms with Crippen LogP contribution in [0.2, 0.25) is 0 Å². The maximum absolute atomic E-state index is 13.9. The van der Waals surface area contributed by atoms with Gasteiger partial charge in [-0.15, -0.1) is 0 Å². The Bertz CT molecular complexity index is 1840. The minimum Gasteiger partial charge on any atom is -0.493 e. The van der Waals surface area contributed by atoms with E-state index in [1.807, 2.05) is 67.6 Å². The Hall–Kier alpha value is -4.15. The summed E-state index contributed by atoms with van der Waals surface area (Å²) in [6.07, 6.45) is 1.82. The van der Waals surface area contributed by atoms with Crippen molar-refractivity contribution in [2.75, 3.05) is 20.3 Å². The van der Waals surface area contributed by atoms with Gasteiger partial charge in [-0.3, -0.25) is 9.36 Å². The highest BCUT2D eigenvalue weighted by Gasteiger charge is 2.34. The van der Waals surface area contributed by atoms with Gasteiger partial charge in [0, 0.05) is 4.47 Å². The Morgan fingerprint density at radius 2 is 1.74 bits per heavy atom. The molecule has 0 bridgehead atoms. The summed E-state index contributed by atoms with van der Waals surface area (Å²) in [4.78, 5) is 32.3. The molecule has 1 atom stereocenters. The van der Waals surface area contributed by atoms with E-state index in [4.69, 9.17) is 18.9 Å². The first-order valence-electron chi connectivity index (χ1n) is 13.8. The van der Waals surface area contributed by atoms with Crippen LogP contribution in [-0.4, -0.2) is 30.9 Å². The van der Waals surface area contributed by atoms with Crippen LogP contribution in [0.25, 0.3) is 6.08 Å². The van der Waals surface area contributed by atoms with Crippen LogP contribution in [0.3, 0.4) is 0 Å². The van der Waals surface area contributed by atoms with E-state index in [0.717, 1.165) is 21.3 Å². The van der Waals surface area contributed by atoms with Crippen LogP contribution in [0, 0.1) is 0 Å². The largest absolute Gasteiger partial charge is 0.493 e. The first-order valence-corrected chi connectivity index (χ1v) is 15.4. The topological polar surface area (TPSA) is 88.4 Å². The number of fused-ring (bicyclic) bond motifs is 1. The normalized spacial score (nSPS) is 14.6. The van der Waals surface area contributed by atoms with Gasteiger partial charge in [-0.25, -0.2) is 9.79 Å². The highest BCUT2D eigenvalue weighted by Crippen LogP contribution is 2.36. The molecule has 0 fully saturated rings. The highest BCUT2D eigenvalue weighted by atomic mass is 79.9. The van der Waals surface area contributed by atoms with Crippen LogP contribution >= 0.6 is 27.3 Å². The monoisotopic (exact) mass is 662 g/mol. The number of nitrogens with zero attached hydrogens (tertiary/aromatic N) is 2. The van der Waals surface area contributed by atoms with Crippen molar-refractivity contribution in [1.29, 1.82) is 0 Å². The molecule has 1 aliphatic heterocycles. The molecule has 0 unspecified atom stereocenters. The van der Waals surface area contributed by atoms with Gasteiger partial charge in [-0.05, 0) is 79.9 Å². The lowest BCUT2D eigenvalue weighted by Gasteiger charge is -2.25. The summed E-state index contributed by atoms with van der Waals surface area (Å²) in [6.45, 7) is 6.46. The molecule has 43 heavy (non-hydrogen) atoms. The van der Waals surface area contributed by atoms with Gasteiger partial charge in [-0.2, -0.15) is 0 Å². The number of aromatic nitrogens is 1. The predicted octanol–water partition coefficient (Wildman–Crippen LogP) is 5.55. The lowest BCUT2D eigenvalue weighted by molar-refractivity contribution is -0.139. The standard InChI is InChI=1S/C33H31BrN2O6S/c1-5-40-27-18-23(11-16-26(27)39-4)30-29(32(38)41-6-2)20(3)35-33-36(30)31(37)28(43-33)17-21-9-14-25(15-10-21)42-19-22-7-12-24(34)13-8-22/h7-18,30H,5-6,19H2,1-4H3/b28-17-/t30-/m0/s1. The van der Waals surface area contributed by atoms with E-state index in [9.17, 15) is 9.59 Å². The number of carbonyl (C=O) groups is 1. The van der Waals surface area contributed by atoms with Crippen molar-refractivity contribution >= 4 is 39.3 Å². The third-order valence-corrected chi connectivity index (χ3v) is 8.33. The summed E-state index contributed by atoms with van der Waals surface area (Å²) in [6, 6.07) is 20.2. The number of carbonyl (C=O) groups excluding carboxylic acids is 1. The average Bonchev–Trinajstić information content (AvgIpc) is 3.30. The van der Waals surface area contributed by atoms with Gasteiger partial charge in [0.15, 0.2) is 16.3 Å². The van der Waals surface area contributed by atoms with Crippen molar-refractivity contribution in [3.05, 3.63) is 119 Å². The van der Waals surface area contributed by atoms with Gasteiger partial charge in [0.1, 0.15) is 12.4 Å². The molecule has 0 N–H and O–H groups in total. The van der Waals surface area contributed by atoms with E-state index in [1.165, 1.54) is 11.3 Å². The number of thiazole rings is 1. The van der Waals surface area contributed by atoms with Crippen LogP contribution in [0.4, 0.5) is 0 Å². The van der Waals surface area contributed by atoms with E-state index in [0.29, 0.717) is 50.9 Å². The van der Waals surface area contributed by atoms with E-state index in [2.05, 4.69) is 20.9 Å². The molecule has 0 amide bonds. The fraction of sp³-hybridized carbons (Fsp3) is 0.242. The second-order valence-electron chi connectivity index (χ2n) is 9.63. The fourth-order valence-corrected chi connectivity index (χ4v) is 6.11. The lowest BCUT2D eigenvalue weighted by atomic mass is 9.95. The third kappa shape index (κ3) is 6.60. The molecule has 1 aliphatic rings. The summed E-state index contributed by atoms with van der Waals surface area (Å²) in [5.41, 5.74) is 3.12. The van der Waals surface area contributed by atoms with Crippen LogP contribution in [0.15, 0.2) is 92.3 Å². The van der Waals surface area contributed by atoms with Crippen LogP contribution in [-0.2, 0) is 16.1 Å². The molecule has 4 aromatic rings. The first kappa shape index (κ1) is 30.3. The zero-order chi connectivity index (χ0) is 30.5. The van der Waals surface area contributed by atoms with Crippen molar-refractivity contribution in [2.45, 2.75) is 33.4 Å². The predicted molar refractivity (Wildman–Crippen MR) is 169 cm³/mol. The van der Waals surface area contributed by atoms with Crippen LogP contribution < -0.4 is 29.1 Å². The van der Waals surface area contributed by atoms with Crippen molar-refractivity contribution < 1.29 is 23.7 Å². The second kappa shape index (κ2) is 13.4. The molecule has 5 rings (SSSR count). The van der Waals surface area contributed by atoms with Crippen LogP contribution in [0.1, 0.15) is 43.5 Å². The van der Waals surface area contributed by atoms with Crippen molar-refractivity contribution in [3.63, 3.8) is 0 Å². The molecule has 222 valence electrons. The van der Waals surface area contributed by atoms with E-state index >= 15 is 0 Å². The molecule has 0 spiro atoms. The minimum atomic E-state index is -0.753. The van der Waals surface area contributed by atoms with E-state index < -0.39 is 12.0 Å². The summed E-state index contributed by atoms with van der Waals surface area (Å²) in [5.74, 6) is 1.28. The molecule has 3 aromatic carbocycles. The summed E-state index contributed by atoms with van der Waals surface area (Å²) < 4.78 is 25.7. The maximum atomic E-state index is 13.9. The number of benzene rings is 3. The fourth-order valence-electron chi connectivity index (χ4n) is 4.80. The van der Waals surface area contributed by atoms with Crippen molar-refractivity contribution in [1.82, 2.24) is 4.57 Å². The number of ether oxygens (including phenoxy) is 4. The van der Waals surface area contributed by atoms with E-state index in [1.54, 1.807) is 37.7 Å². The maximum Gasteiger partial charge on any atom is 0.338 e. The van der Waals surface area contributed by atoms with Gasteiger partial charge in [0.2, 0.25) is 0 Å².